The van der Waals surface area contributed by atoms with Gasteiger partial charge in [0.1, 0.15) is 0 Å². The Hall–Kier alpha value is -0.570. The van der Waals surface area contributed by atoms with E-state index in [2.05, 4.69) is 32.7 Å². The molecule has 1 aliphatic rings. The Kier molecular flexibility index (Phi) is 4.36. The largest absolute Gasteiger partial charge is 0.338 e. The van der Waals surface area contributed by atoms with Crippen LogP contribution >= 0.6 is 0 Å². The van der Waals surface area contributed by atoms with Crippen molar-refractivity contribution >= 4 is 5.91 Å². The molecule has 3 nitrogen and oxygen atoms in total. The van der Waals surface area contributed by atoms with Gasteiger partial charge in [-0.3, -0.25) is 4.79 Å². The highest BCUT2D eigenvalue weighted by Gasteiger charge is 2.37. The summed E-state index contributed by atoms with van der Waals surface area (Å²) in [6.45, 7) is 11.3. The van der Waals surface area contributed by atoms with Crippen LogP contribution in [0, 0.1) is 5.92 Å². The summed E-state index contributed by atoms with van der Waals surface area (Å²) in [5.74, 6) is 0.832. The first-order valence-corrected chi connectivity index (χ1v) is 6.36. The van der Waals surface area contributed by atoms with Crippen molar-refractivity contribution in [1.29, 1.82) is 0 Å². The number of likely N-dealkylation sites (tertiary alicyclic amines) is 1. The van der Waals surface area contributed by atoms with Crippen molar-refractivity contribution in [2.75, 3.05) is 26.7 Å². The van der Waals surface area contributed by atoms with Gasteiger partial charge in [0.15, 0.2) is 0 Å². The summed E-state index contributed by atoms with van der Waals surface area (Å²) in [6.07, 6.45) is 2.40. The summed E-state index contributed by atoms with van der Waals surface area (Å²) in [4.78, 5) is 16.0. The Morgan fingerprint density at radius 1 is 1.38 bits per heavy atom. The molecule has 0 spiro atoms. The minimum atomic E-state index is 0.00183. The highest BCUT2D eigenvalue weighted by molar-refractivity contribution is 5.74. The lowest BCUT2D eigenvalue weighted by Crippen LogP contribution is -2.54. The number of carbonyl (C=O) groups is 1. The molecule has 16 heavy (non-hydrogen) atoms. The van der Waals surface area contributed by atoms with Crippen molar-refractivity contribution in [2.45, 2.75) is 46.1 Å². The van der Waals surface area contributed by atoms with Crippen LogP contribution in [-0.2, 0) is 4.79 Å². The third kappa shape index (κ3) is 2.76. The summed E-state index contributed by atoms with van der Waals surface area (Å²) in [5.41, 5.74) is 0.00183. The molecule has 0 saturated carbocycles. The molecule has 1 aliphatic heterocycles. The predicted octanol–water partition coefficient (Wildman–Crippen LogP) is 1.98. The molecule has 0 unspecified atom stereocenters. The number of amides is 1. The van der Waals surface area contributed by atoms with Gasteiger partial charge in [0.25, 0.3) is 0 Å². The molecular formula is C13H26N2O. The van der Waals surface area contributed by atoms with Crippen molar-refractivity contribution in [1.82, 2.24) is 9.80 Å². The van der Waals surface area contributed by atoms with E-state index in [1.807, 2.05) is 4.90 Å². The van der Waals surface area contributed by atoms with Crippen molar-refractivity contribution in [2.24, 2.45) is 5.92 Å². The van der Waals surface area contributed by atoms with Crippen LogP contribution in [0.15, 0.2) is 0 Å². The van der Waals surface area contributed by atoms with Crippen LogP contribution in [0.25, 0.3) is 0 Å². The first-order chi connectivity index (χ1) is 7.39. The van der Waals surface area contributed by atoms with E-state index in [1.54, 1.807) is 6.92 Å². The number of hydrogen-bond acceptors (Lipinski definition) is 2. The van der Waals surface area contributed by atoms with E-state index in [0.29, 0.717) is 5.92 Å². The number of carbonyl (C=O) groups excluding carboxylic acids is 1. The van der Waals surface area contributed by atoms with Crippen LogP contribution in [0.3, 0.4) is 0 Å². The fourth-order valence-corrected chi connectivity index (χ4v) is 2.97. The second-order valence-corrected chi connectivity index (χ2v) is 5.49. The van der Waals surface area contributed by atoms with Crippen LogP contribution in [-0.4, -0.2) is 47.9 Å². The predicted molar refractivity (Wildman–Crippen MR) is 67.4 cm³/mol. The van der Waals surface area contributed by atoms with Crippen molar-refractivity contribution in [3.05, 3.63) is 0 Å². The first kappa shape index (κ1) is 13.5. The van der Waals surface area contributed by atoms with Gasteiger partial charge >= 0.3 is 0 Å². The van der Waals surface area contributed by atoms with Gasteiger partial charge in [0.2, 0.25) is 5.91 Å². The van der Waals surface area contributed by atoms with E-state index in [0.717, 1.165) is 19.6 Å². The maximum Gasteiger partial charge on any atom is 0.219 e. The van der Waals surface area contributed by atoms with Gasteiger partial charge in [-0.1, -0.05) is 0 Å². The molecule has 0 aliphatic carbocycles. The van der Waals surface area contributed by atoms with Crippen LogP contribution in [0.2, 0.25) is 0 Å². The summed E-state index contributed by atoms with van der Waals surface area (Å²) >= 11 is 0. The molecule has 0 bridgehead atoms. The molecule has 1 rings (SSSR count). The van der Waals surface area contributed by atoms with Crippen LogP contribution in [0.5, 0.6) is 0 Å². The molecule has 0 aromatic rings. The molecule has 1 saturated heterocycles. The zero-order valence-corrected chi connectivity index (χ0v) is 11.4. The maximum atomic E-state index is 11.6. The number of piperidine rings is 1. The standard InChI is InChI=1S/C13H26N2O/c1-6-15(11(2)16)13(3,4)12-7-9-14(5)10-8-12/h12H,6-10H2,1-5H3. The quantitative estimate of drug-likeness (QED) is 0.734. The lowest BCUT2D eigenvalue weighted by Gasteiger charge is -2.46. The Morgan fingerprint density at radius 2 is 1.88 bits per heavy atom. The first-order valence-electron chi connectivity index (χ1n) is 6.36. The van der Waals surface area contributed by atoms with Gasteiger partial charge < -0.3 is 9.80 Å². The number of hydrogen-bond donors (Lipinski definition) is 0. The molecule has 1 amide bonds. The van der Waals surface area contributed by atoms with Crippen molar-refractivity contribution in [3.63, 3.8) is 0 Å². The zero-order valence-electron chi connectivity index (χ0n) is 11.4. The molecule has 94 valence electrons. The second kappa shape index (κ2) is 5.17. The average Bonchev–Trinajstić information content (AvgIpc) is 2.18. The van der Waals surface area contributed by atoms with Crippen LogP contribution in [0.4, 0.5) is 0 Å². The fraction of sp³-hybridized carbons (Fsp3) is 0.923. The Bertz CT molecular complexity index is 242. The SMILES string of the molecule is CCN(C(C)=O)C(C)(C)C1CCN(C)CC1. The van der Waals surface area contributed by atoms with E-state index in [1.165, 1.54) is 12.8 Å². The van der Waals surface area contributed by atoms with Gasteiger partial charge in [0, 0.05) is 19.0 Å². The van der Waals surface area contributed by atoms with E-state index in [9.17, 15) is 4.79 Å². The normalized spacial score (nSPS) is 19.8. The van der Waals surface area contributed by atoms with Gasteiger partial charge in [-0.15, -0.1) is 0 Å². The Morgan fingerprint density at radius 3 is 2.25 bits per heavy atom. The monoisotopic (exact) mass is 226 g/mol. The van der Waals surface area contributed by atoms with E-state index >= 15 is 0 Å². The van der Waals surface area contributed by atoms with Crippen molar-refractivity contribution in [3.8, 4) is 0 Å². The third-order valence-electron chi connectivity index (χ3n) is 4.11. The van der Waals surface area contributed by atoms with E-state index in [4.69, 9.17) is 0 Å². The molecular weight excluding hydrogens is 200 g/mol. The van der Waals surface area contributed by atoms with Crippen LogP contribution < -0.4 is 0 Å². The van der Waals surface area contributed by atoms with E-state index < -0.39 is 0 Å². The zero-order chi connectivity index (χ0) is 12.3. The Balaban J connectivity index is 2.71. The second-order valence-electron chi connectivity index (χ2n) is 5.49. The smallest absolute Gasteiger partial charge is 0.219 e. The van der Waals surface area contributed by atoms with Gasteiger partial charge in [-0.25, -0.2) is 0 Å². The molecule has 0 aromatic heterocycles. The highest BCUT2D eigenvalue weighted by atomic mass is 16.2. The maximum absolute atomic E-state index is 11.6. The number of nitrogens with zero attached hydrogens (tertiary/aromatic N) is 2. The van der Waals surface area contributed by atoms with E-state index in [-0.39, 0.29) is 11.4 Å². The van der Waals surface area contributed by atoms with Gasteiger partial charge in [0.05, 0.1) is 0 Å². The molecule has 1 fully saturated rings. The summed E-state index contributed by atoms with van der Waals surface area (Å²) in [7, 11) is 2.17. The molecule has 0 atom stereocenters. The summed E-state index contributed by atoms with van der Waals surface area (Å²) in [5, 5.41) is 0. The Labute approximate surface area is 99.8 Å². The molecule has 3 heteroatoms. The minimum absolute atomic E-state index is 0.00183. The lowest BCUT2D eigenvalue weighted by molar-refractivity contribution is -0.136. The molecule has 0 radical (unpaired) electrons. The van der Waals surface area contributed by atoms with Gasteiger partial charge in [-0.2, -0.15) is 0 Å². The summed E-state index contributed by atoms with van der Waals surface area (Å²) in [6, 6.07) is 0. The lowest BCUT2D eigenvalue weighted by atomic mass is 9.79. The third-order valence-corrected chi connectivity index (χ3v) is 4.11. The fourth-order valence-electron chi connectivity index (χ4n) is 2.97. The van der Waals surface area contributed by atoms with Crippen molar-refractivity contribution < 1.29 is 4.79 Å². The highest BCUT2D eigenvalue weighted by Crippen LogP contribution is 2.32. The number of rotatable bonds is 3. The van der Waals surface area contributed by atoms with Crippen LogP contribution in [0.1, 0.15) is 40.5 Å². The minimum Gasteiger partial charge on any atom is -0.338 e. The average molecular weight is 226 g/mol. The summed E-state index contributed by atoms with van der Waals surface area (Å²) < 4.78 is 0. The topological polar surface area (TPSA) is 23.6 Å². The molecule has 1 heterocycles. The van der Waals surface area contributed by atoms with Gasteiger partial charge in [-0.05, 0) is 59.7 Å². The molecule has 0 aromatic carbocycles. The molecule has 0 N–H and O–H groups in total.